The van der Waals surface area contributed by atoms with Gasteiger partial charge < -0.3 is 18.9 Å². The van der Waals surface area contributed by atoms with Crippen LogP contribution in [0.25, 0.3) is 12.2 Å². The molecule has 3 aromatic rings. The van der Waals surface area contributed by atoms with E-state index in [-0.39, 0.29) is 18.7 Å². The number of rotatable bonds is 6. The predicted octanol–water partition coefficient (Wildman–Crippen LogP) is 1.69. The number of ether oxygens (including phenoxy) is 4. The van der Waals surface area contributed by atoms with Crippen molar-refractivity contribution in [2.24, 2.45) is 0 Å². The summed E-state index contributed by atoms with van der Waals surface area (Å²) in [6.45, 7) is 3.14. The zero-order valence-corrected chi connectivity index (χ0v) is 19.6. The maximum absolute atomic E-state index is 13.3. The SMILES string of the molecule is CCOC(=O)C=c1sc(=Cc2ccc3c(c2)OCCO3)c(=O)n1Cc1ccc(C(=O)OC)cc1. The Labute approximate surface area is 199 Å². The summed E-state index contributed by atoms with van der Waals surface area (Å²) in [5.74, 6) is 0.330. The summed E-state index contributed by atoms with van der Waals surface area (Å²) in [5, 5.41) is 0. The van der Waals surface area contributed by atoms with Crippen molar-refractivity contribution < 1.29 is 28.5 Å². The lowest BCUT2D eigenvalue weighted by Crippen LogP contribution is -2.32. The summed E-state index contributed by atoms with van der Waals surface area (Å²) in [6.07, 6.45) is 3.07. The second-order valence-corrected chi connectivity index (χ2v) is 8.39. The van der Waals surface area contributed by atoms with E-state index in [1.54, 1.807) is 43.3 Å². The van der Waals surface area contributed by atoms with E-state index in [4.69, 9.17) is 18.9 Å². The number of fused-ring (bicyclic) bond motifs is 1. The molecule has 0 saturated carbocycles. The molecule has 0 radical (unpaired) electrons. The average molecular weight is 482 g/mol. The van der Waals surface area contributed by atoms with Crippen LogP contribution < -0.4 is 24.2 Å². The van der Waals surface area contributed by atoms with Crippen LogP contribution in [0.5, 0.6) is 11.5 Å². The molecular weight excluding hydrogens is 458 g/mol. The van der Waals surface area contributed by atoms with Crippen LogP contribution in [-0.4, -0.2) is 43.4 Å². The van der Waals surface area contributed by atoms with Crippen LogP contribution in [-0.2, 0) is 20.8 Å². The highest BCUT2D eigenvalue weighted by atomic mass is 32.1. The first-order chi connectivity index (χ1) is 16.5. The van der Waals surface area contributed by atoms with Crippen molar-refractivity contribution in [3.05, 3.63) is 78.7 Å². The Kier molecular flexibility index (Phi) is 7.12. The third-order valence-corrected chi connectivity index (χ3v) is 6.10. The van der Waals surface area contributed by atoms with E-state index in [0.717, 1.165) is 11.1 Å². The molecule has 0 amide bonds. The van der Waals surface area contributed by atoms with E-state index in [0.29, 0.717) is 39.5 Å². The summed E-state index contributed by atoms with van der Waals surface area (Å²) in [7, 11) is 1.32. The minimum atomic E-state index is -0.524. The molecule has 0 spiro atoms. The van der Waals surface area contributed by atoms with Gasteiger partial charge in [0, 0.05) is 0 Å². The fraction of sp³-hybridized carbons (Fsp3) is 0.240. The molecule has 0 N–H and O–H groups in total. The molecular formula is C25H23NO7S. The van der Waals surface area contributed by atoms with Crippen LogP contribution in [0.1, 0.15) is 28.4 Å². The van der Waals surface area contributed by atoms with E-state index < -0.39 is 11.9 Å². The van der Waals surface area contributed by atoms with E-state index in [9.17, 15) is 14.4 Å². The largest absolute Gasteiger partial charge is 0.486 e. The Morgan fingerprint density at radius 1 is 1.09 bits per heavy atom. The fourth-order valence-corrected chi connectivity index (χ4v) is 4.46. The Hall–Kier alpha value is -3.85. The van der Waals surface area contributed by atoms with Crippen molar-refractivity contribution in [1.29, 1.82) is 0 Å². The van der Waals surface area contributed by atoms with Gasteiger partial charge in [-0.1, -0.05) is 18.2 Å². The predicted molar refractivity (Wildman–Crippen MR) is 127 cm³/mol. The zero-order chi connectivity index (χ0) is 24.1. The van der Waals surface area contributed by atoms with Gasteiger partial charge in [-0.2, -0.15) is 0 Å². The lowest BCUT2D eigenvalue weighted by Gasteiger charge is -2.18. The van der Waals surface area contributed by atoms with Gasteiger partial charge in [0.05, 0.1) is 36.4 Å². The topological polar surface area (TPSA) is 93.1 Å². The maximum atomic E-state index is 13.3. The smallest absolute Gasteiger partial charge is 0.337 e. The number of hydrogen-bond acceptors (Lipinski definition) is 8. The van der Waals surface area contributed by atoms with Crippen LogP contribution in [0.3, 0.4) is 0 Å². The van der Waals surface area contributed by atoms with E-state index >= 15 is 0 Å². The molecule has 2 aromatic carbocycles. The zero-order valence-electron chi connectivity index (χ0n) is 18.7. The average Bonchev–Trinajstić information content (AvgIpc) is 3.12. The van der Waals surface area contributed by atoms with Crippen LogP contribution in [0.15, 0.2) is 47.3 Å². The molecule has 176 valence electrons. The molecule has 4 rings (SSSR count). The molecule has 0 aliphatic carbocycles. The molecule has 0 fully saturated rings. The molecule has 9 heteroatoms. The van der Waals surface area contributed by atoms with Crippen LogP contribution in [0.4, 0.5) is 0 Å². The van der Waals surface area contributed by atoms with Gasteiger partial charge >= 0.3 is 11.9 Å². The second kappa shape index (κ2) is 10.4. The lowest BCUT2D eigenvalue weighted by molar-refractivity contribution is -0.135. The van der Waals surface area contributed by atoms with Crippen molar-refractivity contribution in [3.63, 3.8) is 0 Å². The monoisotopic (exact) mass is 481 g/mol. The van der Waals surface area contributed by atoms with Crippen molar-refractivity contribution in [3.8, 4) is 11.5 Å². The summed E-state index contributed by atoms with van der Waals surface area (Å²) < 4.78 is 23.4. The highest BCUT2D eigenvalue weighted by Crippen LogP contribution is 2.30. The number of thiazole rings is 1. The van der Waals surface area contributed by atoms with Gasteiger partial charge in [0.15, 0.2) is 11.5 Å². The van der Waals surface area contributed by atoms with Crippen molar-refractivity contribution in [2.75, 3.05) is 26.9 Å². The Morgan fingerprint density at radius 3 is 2.53 bits per heavy atom. The lowest BCUT2D eigenvalue weighted by atomic mass is 10.1. The van der Waals surface area contributed by atoms with Gasteiger partial charge in [0.2, 0.25) is 0 Å². The molecule has 0 saturated heterocycles. The molecule has 0 atom stereocenters. The van der Waals surface area contributed by atoms with Gasteiger partial charge in [-0.15, -0.1) is 11.3 Å². The maximum Gasteiger partial charge on any atom is 0.337 e. The minimum Gasteiger partial charge on any atom is -0.486 e. The minimum absolute atomic E-state index is 0.219. The highest BCUT2D eigenvalue weighted by Gasteiger charge is 2.13. The van der Waals surface area contributed by atoms with E-state index in [1.807, 2.05) is 12.1 Å². The number of carbonyl (C=O) groups excluding carboxylic acids is 2. The van der Waals surface area contributed by atoms with Gasteiger partial charge in [-0.3, -0.25) is 9.36 Å². The molecule has 1 aromatic heterocycles. The van der Waals surface area contributed by atoms with Crippen LogP contribution in [0.2, 0.25) is 0 Å². The van der Waals surface area contributed by atoms with Crippen molar-refractivity contribution >= 4 is 35.4 Å². The van der Waals surface area contributed by atoms with Gasteiger partial charge in [0.1, 0.15) is 17.9 Å². The van der Waals surface area contributed by atoms with E-state index in [2.05, 4.69) is 0 Å². The third kappa shape index (κ3) is 5.20. The molecule has 1 aliphatic heterocycles. The normalized spacial score (nSPS) is 13.6. The second-order valence-electron chi connectivity index (χ2n) is 7.33. The summed E-state index contributed by atoms with van der Waals surface area (Å²) in [4.78, 5) is 37.1. The number of methoxy groups -OCH3 is 1. The van der Waals surface area contributed by atoms with Crippen molar-refractivity contribution in [1.82, 2.24) is 4.57 Å². The molecule has 34 heavy (non-hydrogen) atoms. The first-order valence-corrected chi connectivity index (χ1v) is 11.5. The molecule has 2 heterocycles. The van der Waals surface area contributed by atoms with Crippen molar-refractivity contribution in [2.45, 2.75) is 13.5 Å². The van der Waals surface area contributed by atoms with Gasteiger partial charge in [0.25, 0.3) is 5.56 Å². The summed E-state index contributed by atoms with van der Waals surface area (Å²) in [5.41, 5.74) is 1.74. The highest BCUT2D eigenvalue weighted by molar-refractivity contribution is 7.07. The van der Waals surface area contributed by atoms with Crippen LogP contribution in [0, 0.1) is 0 Å². The number of aromatic nitrogens is 1. The number of carbonyl (C=O) groups is 2. The molecule has 0 unspecified atom stereocenters. The quantitative estimate of drug-likeness (QED) is 0.495. The summed E-state index contributed by atoms with van der Waals surface area (Å²) in [6, 6.07) is 12.2. The van der Waals surface area contributed by atoms with E-state index in [1.165, 1.54) is 29.1 Å². The Morgan fingerprint density at radius 2 is 1.82 bits per heavy atom. The molecule has 8 nitrogen and oxygen atoms in total. The standard InChI is InChI=1S/C25H23NO7S/c1-3-31-23(27)14-22-26(15-16-4-7-18(8-5-16)25(29)30-2)24(28)21(34-22)13-17-6-9-19-20(12-17)33-11-10-32-19/h4-9,12-14H,3,10-11,15H2,1-2H3. The third-order valence-electron chi connectivity index (χ3n) is 5.04. The molecule has 1 aliphatic rings. The van der Waals surface area contributed by atoms with Gasteiger partial charge in [-0.05, 0) is 48.4 Å². The number of esters is 2. The van der Waals surface area contributed by atoms with Gasteiger partial charge in [-0.25, -0.2) is 9.59 Å². The Bertz CT molecular complexity index is 1390. The first kappa shape index (κ1) is 23.3. The number of hydrogen-bond donors (Lipinski definition) is 0. The number of nitrogens with zero attached hydrogens (tertiary/aromatic N) is 1. The summed E-state index contributed by atoms with van der Waals surface area (Å²) >= 11 is 1.20. The fourth-order valence-electron chi connectivity index (χ4n) is 3.43. The molecule has 0 bridgehead atoms. The first-order valence-electron chi connectivity index (χ1n) is 10.6. The van der Waals surface area contributed by atoms with Crippen LogP contribution >= 0.6 is 11.3 Å². The number of benzene rings is 2. The Balaban J connectivity index is 1.75.